The van der Waals surface area contributed by atoms with E-state index in [9.17, 15) is 18.7 Å². The quantitative estimate of drug-likeness (QED) is 0.735. The van der Waals surface area contributed by atoms with Crippen molar-refractivity contribution in [2.75, 3.05) is 6.61 Å². The smallest absolute Gasteiger partial charge is 0.275 e. The van der Waals surface area contributed by atoms with Crippen LogP contribution in [0.25, 0.3) is 22.0 Å². The number of aliphatic hydroxyl groups is 1. The average Bonchev–Trinajstić information content (AvgIpc) is 3.49. The number of hydrogen-bond donors (Lipinski definition) is 1. The molecule has 140 valence electrons. The predicted molar refractivity (Wildman–Crippen MR) is 99.9 cm³/mol. The second kappa shape index (κ2) is 6.53. The number of alkyl halides is 2. The standard InChI is InChI=1S/C21H20F2N2O2/c1-21(22,23)15-9-10-16-17(11-15)19(14-5-3-2-4-6-14)24-25(20(16)27)18(12-26)13-7-8-13/h2-6,9-11,13,18,26H,7-8,12H2,1H3. The van der Waals surface area contributed by atoms with Crippen LogP contribution < -0.4 is 5.56 Å². The van der Waals surface area contributed by atoms with Crippen LogP contribution in [0, 0.1) is 5.92 Å². The molecule has 6 heteroatoms. The summed E-state index contributed by atoms with van der Waals surface area (Å²) in [4.78, 5) is 13.0. The van der Waals surface area contributed by atoms with Gasteiger partial charge in [0, 0.05) is 23.4 Å². The summed E-state index contributed by atoms with van der Waals surface area (Å²) in [7, 11) is 0. The molecule has 1 unspecified atom stereocenters. The third-order valence-corrected chi connectivity index (χ3v) is 5.14. The SMILES string of the molecule is CC(F)(F)c1ccc2c(=O)n(C(CO)C3CC3)nc(-c3ccccc3)c2c1. The minimum absolute atomic E-state index is 0.160. The molecule has 0 amide bonds. The molecule has 3 aromatic rings. The van der Waals surface area contributed by atoms with E-state index in [2.05, 4.69) is 5.10 Å². The van der Waals surface area contributed by atoms with Crippen molar-refractivity contribution < 1.29 is 13.9 Å². The Morgan fingerprint density at radius 2 is 1.89 bits per heavy atom. The molecule has 1 aliphatic rings. The van der Waals surface area contributed by atoms with Crippen molar-refractivity contribution in [3.05, 3.63) is 64.4 Å². The predicted octanol–water partition coefficient (Wildman–Crippen LogP) is 4.12. The van der Waals surface area contributed by atoms with Gasteiger partial charge in [0.25, 0.3) is 11.5 Å². The third kappa shape index (κ3) is 3.25. The highest BCUT2D eigenvalue weighted by Crippen LogP contribution is 2.39. The van der Waals surface area contributed by atoms with Gasteiger partial charge in [0.15, 0.2) is 0 Å². The summed E-state index contributed by atoms with van der Waals surface area (Å²) in [5.41, 5.74) is 0.685. The number of hydrogen-bond acceptors (Lipinski definition) is 3. The van der Waals surface area contributed by atoms with Crippen molar-refractivity contribution in [1.82, 2.24) is 9.78 Å². The molecule has 1 aliphatic carbocycles. The first-order valence-electron chi connectivity index (χ1n) is 9.01. The molecule has 1 heterocycles. The highest BCUT2D eigenvalue weighted by Gasteiger charge is 2.34. The van der Waals surface area contributed by atoms with E-state index in [1.807, 2.05) is 30.3 Å². The molecule has 4 rings (SSSR count). The number of benzene rings is 2. The van der Waals surface area contributed by atoms with E-state index in [1.54, 1.807) is 0 Å². The molecule has 1 atom stereocenters. The summed E-state index contributed by atoms with van der Waals surface area (Å²) >= 11 is 0. The first kappa shape index (κ1) is 17.8. The van der Waals surface area contributed by atoms with Gasteiger partial charge >= 0.3 is 0 Å². The van der Waals surface area contributed by atoms with Gasteiger partial charge < -0.3 is 5.11 Å². The van der Waals surface area contributed by atoms with Crippen LogP contribution in [0.1, 0.15) is 31.4 Å². The van der Waals surface area contributed by atoms with Crippen molar-refractivity contribution in [3.8, 4) is 11.3 Å². The molecule has 0 aliphatic heterocycles. The zero-order valence-corrected chi connectivity index (χ0v) is 14.9. The Bertz CT molecular complexity index is 1040. The number of fused-ring (bicyclic) bond motifs is 1. The van der Waals surface area contributed by atoms with E-state index in [-0.39, 0.29) is 23.6 Å². The Balaban J connectivity index is 2.03. The number of aromatic nitrogens is 2. The molecule has 0 radical (unpaired) electrons. The molecule has 0 spiro atoms. The molecule has 1 N–H and O–H groups in total. The Morgan fingerprint density at radius 3 is 2.48 bits per heavy atom. The molecule has 27 heavy (non-hydrogen) atoms. The Hall–Kier alpha value is -2.60. The van der Waals surface area contributed by atoms with E-state index in [1.165, 1.54) is 22.9 Å². The van der Waals surface area contributed by atoms with Gasteiger partial charge in [-0.05, 0) is 30.9 Å². The molecule has 1 aromatic heterocycles. The van der Waals surface area contributed by atoms with Gasteiger partial charge in [-0.15, -0.1) is 0 Å². The molecule has 0 saturated heterocycles. The van der Waals surface area contributed by atoms with Crippen molar-refractivity contribution >= 4 is 10.8 Å². The first-order chi connectivity index (χ1) is 12.9. The molecule has 4 nitrogen and oxygen atoms in total. The van der Waals surface area contributed by atoms with E-state index in [4.69, 9.17) is 0 Å². The lowest BCUT2D eigenvalue weighted by molar-refractivity contribution is 0.0176. The van der Waals surface area contributed by atoms with Crippen LogP contribution in [0.15, 0.2) is 53.3 Å². The van der Waals surface area contributed by atoms with Crippen LogP contribution in [0.2, 0.25) is 0 Å². The maximum atomic E-state index is 13.9. The van der Waals surface area contributed by atoms with E-state index >= 15 is 0 Å². The highest BCUT2D eigenvalue weighted by atomic mass is 19.3. The number of rotatable bonds is 5. The normalized spacial score (nSPS) is 15.9. The van der Waals surface area contributed by atoms with Gasteiger partial charge in [0.1, 0.15) is 0 Å². The van der Waals surface area contributed by atoms with Crippen molar-refractivity contribution in [2.45, 2.75) is 31.7 Å². The molecular formula is C21H20F2N2O2. The summed E-state index contributed by atoms with van der Waals surface area (Å²) in [6.45, 7) is 0.655. The van der Waals surface area contributed by atoms with E-state index in [0.717, 1.165) is 25.3 Å². The molecular weight excluding hydrogens is 350 g/mol. The summed E-state index contributed by atoms with van der Waals surface area (Å²) in [5.74, 6) is -2.79. The van der Waals surface area contributed by atoms with Crippen LogP contribution in [-0.4, -0.2) is 21.5 Å². The topological polar surface area (TPSA) is 55.1 Å². The van der Waals surface area contributed by atoms with Crippen LogP contribution in [0.3, 0.4) is 0 Å². The van der Waals surface area contributed by atoms with Gasteiger partial charge in [-0.2, -0.15) is 5.10 Å². The van der Waals surface area contributed by atoms with Crippen LogP contribution in [0.5, 0.6) is 0 Å². The summed E-state index contributed by atoms with van der Waals surface area (Å²) in [6, 6.07) is 12.9. The molecule has 1 fully saturated rings. The Labute approximate surface area is 155 Å². The van der Waals surface area contributed by atoms with Gasteiger partial charge in [-0.1, -0.05) is 36.4 Å². The van der Waals surface area contributed by atoms with Gasteiger partial charge in [0.2, 0.25) is 0 Å². The van der Waals surface area contributed by atoms with E-state index in [0.29, 0.717) is 16.5 Å². The highest BCUT2D eigenvalue weighted by molar-refractivity contribution is 5.94. The zero-order chi connectivity index (χ0) is 19.2. The Morgan fingerprint density at radius 1 is 1.19 bits per heavy atom. The van der Waals surface area contributed by atoms with E-state index < -0.39 is 12.0 Å². The summed E-state index contributed by atoms with van der Waals surface area (Å²) < 4.78 is 29.1. The largest absolute Gasteiger partial charge is 0.394 e. The maximum Gasteiger partial charge on any atom is 0.275 e. The number of nitrogens with zero attached hydrogens (tertiary/aromatic N) is 2. The third-order valence-electron chi connectivity index (χ3n) is 5.14. The number of aliphatic hydroxyl groups excluding tert-OH is 1. The van der Waals surface area contributed by atoms with Gasteiger partial charge in [-0.25, -0.2) is 13.5 Å². The fourth-order valence-corrected chi connectivity index (χ4v) is 3.47. The fraction of sp³-hybridized carbons (Fsp3) is 0.333. The van der Waals surface area contributed by atoms with Crippen molar-refractivity contribution in [2.24, 2.45) is 5.92 Å². The minimum Gasteiger partial charge on any atom is -0.394 e. The molecule has 0 bridgehead atoms. The minimum atomic E-state index is -3.02. The summed E-state index contributed by atoms with van der Waals surface area (Å²) in [5, 5.41) is 15.1. The van der Waals surface area contributed by atoms with Gasteiger partial charge in [0.05, 0.1) is 23.7 Å². The average molecular weight is 370 g/mol. The fourth-order valence-electron chi connectivity index (χ4n) is 3.47. The number of halogens is 2. The second-order valence-electron chi connectivity index (χ2n) is 7.20. The van der Waals surface area contributed by atoms with Crippen LogP contribution in [0.4, 0.5) is 8.78 Å². The molecule has 2 aromatic carbocycles. The lowest BCUT2D eigenvalue weighted by Gasteiger charge is -2.19. The molecule has 1 saturated carbocycles. The lowest BCUT2D eigenvalue weighted by Crippen LogP contribution is -2.31. The van der Waals surface area contributed by atoms with Crippen molar-refractivity contribution in [1.29, 1.82) is 0 Å². The maximum absolute atomic E-state index is 13.9. The first-order valence-corrected chi connectivity index (χ1v) is 9.01. The monoisotopic (exact) mass is 370 g/mol. The Kier molecular flexibility index (Phi) is 4.30. The van der Waals surface area contributed by atoms with Crippen molar-refractivity contribution in [3.63, 3.8) is 0 Å². The van der Waals surface area contributed by atoms with Crippen LogP contribution >= 0.6 is 0 Å². The van der Waals surface area contributed by atoms with Gasteiger partial charge in [-0.3, -0.25) is 4.79 Å². The van der Waals surface area contributed by atoms with Crippen LogP contribution in [-0.2, 0) is 5.92 Å². The second-order valence-corrected chi connectivity index (χ2v) is 7.20. The lowest BCUT2D eigenvalue weighted by atomic mass is 10.00. The zero-order valence-electron chi connectivity index (χ0n) is 14.9. The summed E-state index contributed by atoms with van der Waals surface area (Å²) in [6.07, 6.45) is 1.89.